The van der Waals surface area contributed by atoms with Crippen LogP contribution in [-0.2, 0) is 4.79 Å². The van der Waals surface area contributed by atoms with Crippen LogP contribution >= 0.6 is 0 Å². The molecule has 0 radical (unpaired) electrons. The number of hydrogen-bond acceptors (Lipinski definition) is 3. The topological polar surface area (TPSA) is 58.6 Å². The van der Waals surface area contributed by atoms with Crippen LogP contribution in [0.3, 0.4) is 0 Å². The summed E-state index contributed by atoms with van der Waals surface area (Å²) in [6.45, 7) is 2.43. The molecule has 4 heteroatoms. The van der Waals surface area contributed by atoms with Crippen molar-refractivity contribution in [3.05, 3.63) is 35.9 Å². The van der Waals surface area contributed by atoms with Gasteiger partial charge in [0, 0.05) is 19.2 Å². The Hall–Kier alpha value is -1.81. The van der Waals surface area contributed by atoms with Gasteiger partial charge in [-0.1, -0.05) is 19.1 Å². The second-order valence-electron chi connectivity index (χ2n) is 5.96. The van der Waals surface area contributed by atoms with Crippen molar-refractivity contribution in [2.45, 2.75) is 38.7 Å². The highest BCUT2D eigenvalue weighted by Gasteiger charge is 2.16. The van der Waals surface area contributed by atoms with E-state index in [1.807, 2.05) is 31.2 Å². The van der Waals surface area contributed by atoms with Gasteiger partial charge in [-0.05, 0) is 55.4 Å². The average Bonchev–Trinajstić information content (AvgIpc) is 3.04. The Balaban J connectivity index is 1.86. The first-order valence-electron chi connectivity index (χ1n) is 8.01. The highest BCUT2D eigenvalue weighted by atomic mass is 16.5. The number of aliphatic hydroxyl groups is 1. The lowest BCUT2D eigenvalue weighted by molar-refractivity contribution is -0.116. The third kappa shape index (κ3) is 5.53. The summed E-state index contributed by atoms with van der Waals surface area (Å²) in [6, 6.07) is 7.80. The maximum atomic E-state index is 11.7. The van der Waals surface area contributed by atoms with Gasteiger partial charge >= 0.3 is 0 Å². The lowest BCUT2D eigenvalue weighted by Crippen LogP contribution is -2.27. The summed E-state index contributed by atoms with van der Waals surface area (Å²) >= 11 is 0. The standard InChI is InChI=1S/C18H25NO3/c1-14(13-20)12-19-18(21)10-9-15-5-4-8-17(11-15)22-16-6-2-3-7-16/h4-5,8-11,14,16,20H,2-3,6-7,12-13H2,1H3,(H,19,21)/b10-9+. The largest absolute Gasteiger partial charge is 0.490 e. The van der Waals surface area contributed by atoms with Crippen molar-refractivity contribution in [2.24, 2.45) is 5.92 Å². The van der Waals surface area contributed by atoms with Crippen LogP contribution in [0.4, 0.5) is 0 Å². The van der Waals surface area contributed by atoms with Gasteiger partial charge in [0.05, 0.1) is 6.10 Å². The van der Waals surface area contributed by atoms with Crippen LogP contribution in [0.25, 0.3) is 6.08 Å². The van der Waals surface area contributed by atoms with Crippen molar-refractivity contribution in [3.8, 4) is 5.75 Å². The van der Waals surface area contributed by atoms with E-state index in [1.54, 1.807) is 6.08 Å². The third-order valence-corrected chi connectivity index (χ3v) is 3.83. The molecular weight excluding hydrogens is 278 g/mol. The molecular formula is C18H25NO3. The number of carbonyl (C=O) groups excluding carboxylic acids is 1. The molecule has 0 aliphatic heterocycles. The summed E-state index contributed by atoms with van der Waals surface area (Å²) in [4.78, 5) is 11.7. The van der Waals surface area contributed by atoms with E-state index < -0.39 is 0 Å². The molecule has 1 aromatic rings. The fourth-order valence-corrected chi connectivity index (χ4v) is 2.46. The molecule has 1 aliphatic rings. The van der Waals surface area contributed by atoms with Crippen molar-refractivity contribution in [3.63, 3.8) is 0 Å². The summed E-state index contributed by atoms with van der Waals surface area (Å²) in [5.41, 5.74) is 0.945. The van der Waals surface area contributed by atoms with E-state index in [1.165, 1.54) is 18.9 Å². The molecule has 1 aromatic carbocycles. The first-order chi connectivity index (χ1) is 10.7. The van der Waals surface area contributed by atoms with E-state index in [0.717, 1.165) is 24.2 Å². The number of ether oxygens (including phenoxy) is 1. The van der Waals surface area contributed by atoms with Crippen LogP contribution in [0.5, 0.6) is 5.75 Å². The molecule has 2 N–H and O–H groups in total. The fraction of sp³-hybridized carbons (Fsp3) is 0.500. The summed E-state index contributed by atoms with van der Waals surface area (Å²) < 4.78 is 5.95. The van der Waals surface area contributed by atoms with Gasteiger partial charge in [-0.2, -0.15) is 0 Å². The number of benzene rings is 1. The molecule has 0 bridgehead atoms. The van der Waals surface area contributed by atoms with E-state index in [0.29, 0.717) is 12.6 Å². The predicted octanol–water partition coefficient (Wildman–Crippen LogP) is 2.77. The van der Waals surface area contributed by atoms with Gasteiger partial charge < -0.3 is 15.2 Å². The van der Waals surface area contributed by atoms with Gasteiger partial charge in [0.1, 0.15) is 5.75 Å². The zero-order valence-corrected chi connectivity index (χ0v) is 13.1. The Kier molecular flexibility index (Phi) is 6.46. The molecule has 0 saturated heterocycles. The van der Waals surface area contributed by atoms with Crippen LogP contribution < -0.4 is 10.1 Å². The molecule has 0 aromatic heterocycles. The van der Waals surface area contributed by atoms with Crippen LogP contribution in [0.15, 0.2) is 30.3 Å². The monoisotopic (exact) mass is 303 g/mol. The molecule has 0 heterocycles. The molecule has 120 valence electrons. The van der Waals surface area contributed by atoms with Gasteiger partial charge in [-0.25, -0.2) is 0 Å². The molecule has 1 atom stereocenters. The SMILES string of the molecule is CC(CO)CNC(=O)/C=C/c1cccc(OC2CCCC2)c1. The van der Waals surface area contributed by atoms with Crippen LogP contribution in [0.2, 0.25) is 0 Å². The van der Waals surface area contributed by atoms with E-state index in [4.69, 9.17) is 9.84 Å². The van der Waals surface area contributed by atoms with Gasteiger partial charge in [-0.15, -0.1) is 0 Å². The van der Waals surface area contributed by atoms with Crippen LogP contribution in [0, 0.1) is 5.92 Å². The van der Waals surface area contributed by atoms with E-state index in [9.17, 15) is 4.79 Å². The second kappa shape index (κ2) is 8.59. The first-order valence-corrected chi connectivity index (χ1v) is 8.01. The number of amides is 1. The predicted molar refractivity (Wildman–Crippen MR) is 87.6 cm³/mol. The van der Waals surface area contributed by atoms with Crippen molar-refractivity contribution in [2.75, 3.05) is 13.2 Å². The number of carbonyl (C=O) groups is 1. The molecule has 1 fully saturated rings. The number of rotatable bonds is 7. The number of aliphatic hydroxyl groups excluding tert-OH is 1. The first kappa shape index (κ1) is 16.6. The Bertz CT molecular complexity index is 507. The van der Waals surface area contributed by atoms with Gasteiger partial charge in [0.2, 0.25) is 5.91 Å². The Morgan fingerprint density at radius 1 is 1.45 bits per heavy atom. The van der Waals surface area contributed by atoms with Gasteiger partial charge in [0.15, 0.2) is 0 Å². The minimum absolute atomic E-state index is 0.0699. The molecule has 22 heavy (non-hydrogen) atoms. The highest BCUT2D eigenvalue weighted by Crippen LogP contribution is 2.24. The maximum Gasteiger partial charge on any atom is 0.244 e. The van der Waals surface area contributed by atoms with E-state index >= 15 is 0 Å². The summed E-state index contributed by atoms with van der Waals surface area (Å²) in [5, 5.41) is 11.7. The zero-order chi connectivity index (χ0) is 15.8. The molecule has 2 rings (SSSR count). The van der Waals surface area contributed by atoms with Gasteiger partial charge in [0.25, 0.3) is 0 Å². The summed E-state index contributed by atoms with van der Waals surface area (Å²) in [7, 11) is 0. The lowest BCUT2D eigenvalue weighted by atomic mass is 10.2. The minimum atomic E-state index is -0.151. The molecule has 1 amide bonds. The number of nitrogens with one attached hydrogen (secondary N) is 1. The van der Waals surface area contributed by atoms with Crippen molar-refractivity contribution >= 4 is 12.0 Å². The summed E-state index contributed by atoms with van der Waals surface area (Å²) in [6.07, 6.45) is 8.38. The van der Waals surface area contributed by atoms with Crippen molar-refractivity contribution in [1.29, 1.82) is 0 Å². The van der Waals surface area contributed by atoms with Crippen molar-refractivity contribution < 1.29 is 14.6 Å². The van der Waals surface area contributed by atoms with Crippen LogP contribution in [-0.4, -0.2) is 30.3 Å². The Morgan fingerprint density at radius 2 is 2.23 bits per heavy atom. The maximum absolute atomic E-state index is 11.7. The molecule has 4 nitrogen and oxygen atoms in total. The third-order valence-electron chi connectivity index (χ3n) is 3.83. The minimum Gasteiger partial charge on any atom is -0.490 e. The summed E-state index contributed by atoms with van der Waals surface area (Å²) in [5.74, 6) is 0.784. The fourth-order valence-electron chi connectivity index (χ4n) is 2.46. The van der Waals surface area contributed by atoms with Crippen molar-refractivity contribution in [1.82, 2.24) is 5.32 Å². The Labute approximate surface area is 132 Å². The average molecular weight is 303 g/mol. The quantitative estimate of drug-likeness (QED) is 0.762. The molecule has 1 saturated carbocycles. The highest BCUT2D eigenvalue weighted by molar-refractivity contribution is 5.91. The zero-order valence-electron chi connectivity index (χ0n) is 13.1. The van der Waals surface area contributed by atoms with Crippen LogP contribution in [0.1, 0.15) is 38.2 Å². The Morgan fingerprint density at radius 3 is 2.95 bits per heavy atom. The number of hydrogen-bond donors (Lipinski definition) is 2. The van der Waals surface area contributed by atoms with Gasteiger partial charge in [-0.3, -0.25) is 4.79 Å². The smallest absolute Gasteiger partial charge is 0.244 e. The molecule has 1 unspecified atom stereocenters. The molecule has 0 spiro atoms. The second-order valence-corrected chi connectivity index (χ2v) is 5.96. The molecule has 1 aliphatic carbocycles. The lowest BCUT2D eigenvalue weighted by Gasteiger charge is -2.13. The normalized spacial score (nSPS) is 16.8. The van der Waals surface area contributed by atoms with E-state index in [-0.39, 0.29) is 18.4 Å². The van der Waals surface area contributed by atoms with E-state index in [2.05, 4.69) is 5.32 Å².